The van der Waals surface area contributed by atoms with Crippen LogP contribution in [0.3, 0.4) is 0 Å². The molecule has 176 valence electrons. The van der Waals surface area contributed by atoms with Gasteiger partial charge >= 0.3 is 6.03 Å². The molecule has 1 fully saturated rings. The second-order valence-electron chi connectivity index (χ2n) is 8.04. The first-order valence-electron chi connectivity index (χ1n) is 10.9. The molecule has 3 amide bonds. The molecule has 0 saturated carbocycles. The van der Waals surface area contributed by atoms with Crippen molar-refractivity contribution in [1.82, 2.24) is 14.8 Å². The number of amides is 3. The molecule has 1 aliphatic heterocycles. The molecule has 3 aromatic rings. The van der Waals surface area contributed by atoms with Crippen molar-refractivity contribution < 1.29 is 18.7 Å². The number of hydrogen-bond acceptors (Lipinski definition) is 4. The minimum Gasteiger partial charge on any atom is -0.497 e. The normalized spacial score (nSPS) is 15.1. The van der Waals surface area contributed by atoms with Crippen molar-refractivity contribution >= 4 is 17.6 Å². The third-order valence-corrected chi connectivity index (χ3v) is 5.77. The standard InChI is InChI=1S/C25H25FN4O4/c1-34-20-8-5-18(6-9-20)24(32)27-15-17-11-13-29(16-17)25(33)28-22-10-7-19(14-21(22)26)30-12-3-2-4-23(30)31/h2-10,12,14,17H,11,13,15-16H2,1H3,(H,27,32)(H,28,33)/t17-/m1/s1. The second-order valence-corrected chi connectivity index (χ2v) is 8.04. The number of nitrogens with one attached hydrogen (secondary N) is 2. The molecule has 0 aliphatic carbocycles. The molecule has 34 heavy (non-hydrogen) atoms. The van der Waals surface area contributed by atoms with Crippen molar-refractivity contribution in [2.75, 3.05) is 32.1 Å². The molecule has 1 aliphatic rings. The molecule has 0 radical (unpaired) electrons. The number of anilines is 1. The molecule has 1 saturated heterocycles. The first-order valence-corrected chi connectivity index (χ1v) is 10.9. The molecule has 2 aromatic carbocycles. The highest BCUT2D eigenvalue weighted by atomic mass is 19.1. The monoisotopic (exact) mass is 464 g/mol. The van der Waals surface area contributed by atoms with Crippen LogP contribution in [-0.2, 0) is 0 Å². The first-order chi connectivity index (χ1) is 16.4. The average molecular weight is 464 g/mol. The molecule has 0 spiro atoms. The van der Waals surface area contributed by atoms with Crippen LogP contribution in [0.25, 0.3) is 5.69 Å². The number of carbonyl (C=O) groups is 2. The lowest BCUT2D eigenvalue weighted by molar-refractivity contribution is 0.0947. The van der Waals surface area contributed by atoms with Crippen molar-refractivity contribution in [3.63, 3.8) is 0 Å². The van der Waals surface area contributed by atoms with E-state index >= 15 is 0 Å². The van der Waals surface area contributed by atoms with Crippen molar-refractivity contribution in [2.24, 2.45) is 5.92 Å². The molecule has 2 heterocycles. The van der Waals surface area contributed by atoms with Gasteiger partial charge in [0.1, 0.15) is 11.6 Å². The van der Waals surface area contributed by atoms with Gasteiger partial charge in [-0.15, -0.1) is 0 Å². The predicted molar refractivity (Wildman–Crippen MR) is 126 cm³/mol. The summed E-state index contributed by atoms with van der Waals surface area (Å²) in [6.45, 7) is 1.39. The Labute approximate surface area is 196 Å². The Morgan fingerprint density at radius 2 is 1.91 bits per heavy atom. The summed E-state index contributed by atoms with van der Waals surface area (Å²) in [5, 5.41) is 5.49. The predicted octanol–water partition coefficient (Wildman–Crippen LogP) is 3.27. The molecule has 4 rings (SSSR count). The van der Waals surface area contributed by atoms with Gasteiger partial charge in [0, 0.05) is 43.5 Å². The zero-order chi connectivity index (χ0) is 24.1. The van der Waals surface area contributed by atoms with E-state index in [9.17, 15) is 18.8 Å². The van der Waals surface area contributed by atoms with Crippen molar-refractivity contribution in [1.29, 1.82) is 0 Å². The number of ether oxygens (including phenoxy) is 1. The fourth-order valence-corrected chi connectivity index (χ4v) is 3.86. The van der Waals surface area contributed by atoms with Gasteiger partial charge in [-0.2, -0.15) is 0 Å². The summed E-state index contributed by atoms with van der Waals surface area (Å²) in [5.74, 6) is -0.0477. The maximum absolute atomic E-state index is 14.6. The summed E-state index contributed by atoms with van der Waals surface area (Å²) in [6, 6.07) is 15.3. The maximum Gasteiger partial charge on any atom is 0.321 e. The molecular formula is C25H25FN4O4. The topological polar surface area (TPSA) is 92.7 Å². The summed E-state index contributed by atoms with van der Waals surface area (Å²) in [5.41, 5.74) is 0.662. The Morgan fingerprint density at radius 1 is 1.12 bits per heavy atom. The Morgan fingerprint density at radius 3 is 2.62 bits per heavy atom. The molecule has 1 aromatic heterocycles. The number of urea groups is 1. The van der Waals surface area contributed by atoms with E-state index in [4.69, 9.17) is 4.74 Å². The van der Waals surface area contributed by atoms with Crippen molar-refractivity contribution in [2.45, 2.75) is 6.42 Å². The number of carbonyl (C=O) groups excluding carboxylic acids is 2. The SMILES string of the molecule is COc1ccc(C(=O)NC[C@H]2CCN(C(=O)Nc3ccc(-n4ccccc4=O)cc3F)C2)cc1. The zero-order valence-electron chi connectivity index (χ0n) is 18.7. The molecule has 1 atom stereocenters. The van der Waals surface area contributed by atoms with E-state index in [-0.39, 0.29) is 23.1 Å². The highest BCUT2D eigenvalue weighted by Gasteiger charge is 2.27. The number of methoxy groups -OCH3 is 1. The van der Waals surface area contributed by atoms with E-state index in [1.54, 1.807) is 60.7 Å². The van der Waals surface area contributed by atoms with E-state index in [2.05, 4.69) is 10.6 Å². The van der Waals surface area contributed by atoms with Gasteiger partial charge in [0.2, 0.25) is 0 Å². The van der Waals surface area contributed by atoms with E-state index in [1.165, 1.54) is 22.8 Å². The number of likely N-dealkylation sites (tertiary alicyclic amines) is 1. The zero-order valence-corrected chi connectivity index (χ0v) is 18.7. The molecule has 0 bridgehead atoms. The van der Waals surface area contributed by atoms with Crippen LogP contribution in [-0.4, -0.2) is 48.1 Å². The van der Waals surface area contributed by atoms with Crippen molar-refractivity contribution in [3.05, 3.63) is 88.6 Å². The minimum absolute atomic E-state index is 0.0361. The van der Waals surface area contributed by atoms with Crippen LogP contribution in [0, 0.1) is 11.7 Å². The smallest absolute Gasteiger partial charge is 0.321 e. The van der Waals surface area contributed by atoms with E-state index in [1.807, 2.05) is 0 Å². The van der Waals surface area contributed by atoms with Gasteiger partial charge in [-0.05, 0) is 54.8 Å². The van der Waals surface area contributed by atoms with Gasteiger partial charge in [-0.1, -0.05) is 6.07 Å². The number of aromatic nitrogens is 1. The van der Waals surface area contributed by atoms with Crippen LogP contribution in [0.2, 0.25) is 0 Å². The Hall–Kier alpha value is -4.14. The number of hydrogen-bond donors (Lipinski definition) is 2. The third-order valence-electron chi connectivity index (χ3n) is 5.77. The van der Waals surface area contributed by atoms with Gasteiger partial charge in [0.25, 0.3) is 11.5 Å². The quantitative estimate of drug-likeness (QED) is 0.586. The number of benzene rings is 2. The molecule has 2 N–H and O–H groups in total. The summed E-state index contributed by atoms with van der Waals surface area (Å²) in [4.78, 5) is 38.5. The fourth-order valence-electron chi connectivity index (χ4n) is 3.86. The number of pyridine rings is 1. The minimum atomic E-state index is -0.635. The highest BCUT2D eigenvalue weighted by molar-refractivity contribution is 5.94. The van der Waals surface area contributed by atoms with Gasteiger partial charge in [0.05, 0.1) is 18.5 Å². The maximum atomic E-state index is 14.6. The Bertz CT molecular complexity index is 1240. The van der Waals surface area contributed by atoms with Crippen LogP contribution in [0.15, 0.2) is 71.7 Å². The summed E-state index contributed by atoms with van der Waals surface area (Å²) in [7, 11) is 1.56. The van der Waals surface area contributed by atoms with Crippen LogP contribution < -0.4 is 20.9 Å². The molecule has 0 unspecified atom stereocenters. The molecule has 8 nitrogen and oxygen atoms in total. The van der Waals surface area contributed by atoms with E-state index in [0.717, 1.165) is 6.42 Å². The van der Waals surface area contributed by atoms with Crippen LogP contribution in [0.5, 0.6) is 5.75 Å². The Balaban J connectivity index is 1.30. The second kappa shape index (κ2) is 10.2. The van der Waals surface area contributed by atoms with Gasteiger partial charge in [-0.3, -0.25) is 14.2 Å². The van der Waals surface area contributed by atoms with Gasteiger partial charge in [0.15, 0.2) is 0 Å². The van der Waals surface area contributed by atoms with E-state index < -0.39 is 11.8 Å². The van der Waals surface area contributed by atoms with E-state index in [0.29, 0.717) is 36.6 Å². The van der Waals surface area contributed by atoms with Crippen LogP contribution in [0.4, 0.5) is 14.9 Å². The van der Waals surface area contributed by atoms with Crippen LogP contribution in [0.1, 0.15) is 16.8 Å². The van der Waals surface area contributed by atoms with Gasteiger partial charge in [-0.25, -0.2) is 9.18 Å². The Kier molecular flexibility index (Phi) is 6.91. The number of rotatable bonds is 6. The highest BCUT2D eigenvalue weighted by Crippen LogP contribution is 2.21. The lowest BCUT2D eigenvalue weighted by Crippen LogP contribution is -2.35. The number of halogens is 1. The summed E-state index contributed by atoms with van der Waals surface area (Å²) >= 11 is 0. The van der Waals surface area contributed by atoms with Crippen molar-refractivity contribution in [3.8, 4) is 11.4 Å². The summed E-state index contributed by atoms with van der Waals surface area (Å²) < 4.78 is 21.0. The average Bonchev–Trinajstić information content (AvgIpc) is 3.33. The van der Waals surface area contributed by atoms with Gasteiger partial charge < -0.3 is 20.3 Å². The largest absolute Gasteiger partial charge is 0.497 e. The first kappa shape index (κ1) is 23.0. The lowest BCUT2D eigenvalue weighted by atomic mass is 10.1. The number of nitrogens with zero attached hydrogens (tertiary/aromatic N) is 2. The molecular weight excluding hydrogens is 439 g/mol. The third kappa shape index (κ3) is 5.25. The van der Waals surface area contributed by atoms with Crippen LogP contribution >= 0.6 is 0 Å². The summed E-state index contributed by atoms with van der Waals surface area (Å²) in [6.07, 6.45) is 2.28. The fraction of sp³-hybridized carbons (Fsp3) is 0.240. The lowest BCUT2D eigenvalue weighted by Gasteiger charge is -2.18. The molecule has 9 heteroatoms.